The summed E-state index contributed by atoms with van der Waals surface area (Å²) in [4.78, 5) is 29.1. The van der Waals surface area contributed by atoms with Gasteiger partial charge in [-0.25, -0.2) is 13.6 Å². The largest absolute Gasteiger partial charge is 0.300 e. The van der Waals surface area contributed by atoms with Crippen LogP contribution >= 0.6 is 0 Å². The molecule has 0 spiro atoms. The molecule has 2 N–H and O–H groups in total. The highest BCUT2D eigenvalue weighted by Gasteiger charge is 2.36. The van der Waals surface area contributed by atoms with Crippen molar-refractivity contribution in [3.63, 3.8) is 0 Å². The first-order valence-corrected chi connectivity index (χ1v) is 7.84. The number of aromatic nitrogens is 1. The Balaban J connectivity index is 2.04. The summed E-state index contributed by atoms with van der Waals surface area (Å²) in [6.07, 6.45) is 3.17. The van der Waals surface area contributed by atoms with Crippen molar-refractivity contribution in [1.29, 1.82) is 0 Å². The molecule has 1 aliphatic heterocycles. The van der Waals surface area contributed by atoms with E-state index in [1.165, 1.54) is 17.0 Å². The number of Topliss-reactive ketones (excluding diaryl/α,β-unsaturated/α-hetero) is 1. The van der Waals surface area contributed by atoms with E-state index >= 15 is 0 Å². The highest BCUT2D eigenvalue weighted by molar-refractivity contribution is 7.89. The fraction of sp³-hybridized carbons (Fsp3) is 0.0714. The maximum absolute atomic E-state index is 12.1. The molecule has 1 aromatic heterocycles. The molecule has 2 heterocycles. The second-order valence-electron chi connectivity index (χ2n) is 4.80. The molecule has 1 aliphatic rings. The minimum Gasteiger partial charge on any atom is -0.300 e. The van der Waals surface area contributed by atoms with Gasteiger partial charge in [0.05, 0.1) is 22.7 Å². The van der Waals surface area contributed by atoms with Crippen LogP contribution in [0.15, 0.2) is 47.6 Å². The third kappa shape index (κ3) is 2.38. The number of anilines is 1. The molecule has 0 saturated heterocycles. The third-order valence-electron chi connectivity index (χ3n) is 3.36. The topological polar surface area (TPSA) is 110 Å². The van der Waals surface area contributed by atoms with Crippen LogP contribution < -0.4 is 10.0 Å². The van der Waals surface area contributed by atoms with Crippen LogP contribution in [-0.2, 0) is 21.4 Å². The van der Waals surface area contributed by atoms with E-state index in [2.05, 4.69) is 4.98 Å². The fourth-order valence-corrected chi connectivity index (χ4v) is 2.82. The predicted molar refractivity (Wildman–Crippen MR) is 77.6 cm³/mol. The molecule has 0 aliphatic carbocycles. The van der Waals surface area contributed by atoms with Gasteiger partial charge in [0, 0.05) is 12.4 Å². The van der Waals surface area contributed by atoms with E-state index in [1.54, 1.807) is 24.5 Å². The second kappa shape index (κ2) is 5.00. The Kier molecular flexibility index (Phi) is 3.27. The summed E-state index contributed by atoms with van der Waals surface area (Å²) in [5, 5.41) is 5.04. The number of hydrogen-bond acceptors (Lipinski definition) is 5. The molecule has 22 heavy (non-hydrogen) atoms. The van der Waals surface area contributed by atoms with E-state index < -0.39 is 21.7 Å². The highest BCUT2D eigenvalue weighted by atomic mass is 32.2. The van der Waals surface area contributed by atoms with Gasteiger partial charge in [0.2, 0.25) is 10.0 Å². The molecule has 3 rings (SSSR count). The predicted octanol–water partition coefficient (Wildman–Crippen LogP) is 0.458. The molecule has 0 radical (unpaired) electrons. The number of primary sulfonamides is 1. The lowest BCUT2D eigenvalue weighted by Gasteiger charge is -2.16. The van der Waals surface area contributed by atoms with Crippen molar-refractivity contribution >= 4 is 27.4 Å². The lowest BCUT2D eigenvalue weighted by atomic mass is 10.1. The number of rotatable bonds is 3. The standard InChI is InChI=1S/C14H11N3O4S/c15-22(20,21)10-1-2-12-11(7-10)13(18)14(19)17(12)8-9-3-5-16-6-4-9/h1-7H,8H2,(H2,15,20,21). The molecule has 0 bridgehead atoms. The van der Waals surface area contributed by atoms with E-state index in [9.17, 15) is 18.0 Å². The molecule has 1 amide bonds. The quantitative estimate of drug-likeness (QED) is 0.827. The first-order valence-electron chi connectivity index (χ1n) is 6.30. The highest BCUT2D eigenvalue weighted by Crippen LogP contribution is 2.31. The molecule has 0 fully saturated rings. The van der Waals surface area contributed by atoms with Gasteiger partial charge in [0.1, 0.15) is 0 Å². The van der Waals surface area contributed by atoms with Gasteiger partial charge in [0.15, 0.2) is 0 Å². The number of hydrogen-bond donors (Lipinski definition) is 1. The van der Waals surface area contributed by atoms with Crippen molar-refractivity contribution in [1.82, 2.24) is 4.98 Å². The monoisotopic (exact) mass is 317 g/mol. The lowest BCUT2D eigenvalue weighted by molar-refractivity contribution is -0.114. The molecule has 0 atom stereocenters. The Morgan fingerprint density at radius 1 is 1.09 bits per heavy atom. The van der Waals surface area contributed by atoms with Gasteiger partial charge in [-0.3, -0.25) is 14.6 Å². The van der Waals surface area contributed by atoms with Crippen molar-refractivity contribution in [2.45, 2.75) is 11.4 Å². The van der Waals surface area contributed by atoms with Crippen molar-refractivity contribution in [2.24, 2.45) is 5.14 Å². The Hall–Kier alpha value is -2.58. The van der Waals surface area contributed by atoms with E-state index in [0.717, 1.165) is 11.6 Å². The van der Waals surface area contributed by atoms with Gasteiger partial charge in [-0.15, -0.1) is 0 Å². The van der Waals surface area contributed by atoms with Gasteiger partial charge in [-0.05, 0) is 35.9 Å². The normalized spacial score (nSPS) is 14.3. The number of fused-ring (bicyclic) bond motifs is 1. The van der Waals surface area contributed by atoms with Crippen molar-refractivity contribution in [3.05, 3.63) is 53.9 Å². The van der Waals surface area contributed by atoms with Crippen LogP contribution in [-0.4, -0.2) is 25.1 Å². The number of benzene rings is 1. The lowest BCUT2D eigenvalue weighted by Crippen LogP contribution is -2.29. The first-order chi connectivity index (χ1) is 10.4. The maximum atomic E-state index is 12.1. The number of nitrogens with two attached hydrogens (primary N) is 1. The molecule has 7 nitrogen and oxygen atoms in total. The molecule has 0 unspecified atom stereocenters. The maximum Gasteiger partial charge on any atom is 0.299 e. The number of amides is 1. The Morgan fingerprint density at radius 3 is 2.41 bits per heavy atom. The number of pyridine rings is 1. The fourth-order valence-electron chi connectivity index (χ4n) is 2.28. The Labute approximate surface area is 126 Å². The minimum absolute atomic E-state index is 0.0468. The minimum atomic E-state index is -3.93. The average Bonchev–Trinajstić information content (AvgIpc) is 2.72. The summed E-state index contributed by atoms with van der Waals surface area (Å²) in [7, 11) is -3.93. The van der Waals surface area contributed by atoms with Crippen LogP contribution in [0.2, 0.25) is 0 Å². The first kappa shape index (κ1) is 14.4. The van der Waals surface area contributed by atoms with E-state index in [0.29, 0.717) is 5.69 Å². The summed E-state index contributed by atoms with van der Waals surface area (Å²) >= 11 is 0. The SMILES string of the molecule is NS(=O)(=O)c1ccc2c(c1)C(=O)C(=O)N2Cc1ccncc1. The number of carbonyl (C=O) groups is 2. The second-order valence-corrected chi connectivity index (χ2v) is 6.36. The van der Waals surface area contributed by atoms with Gasteiger partial charge < -0.3 is 4.90 Å². The zero-order chi connectivity index (χ0) is 15.9. The number of ketones is 1. The van der Waals surface area contributed by atoms with Crippen LogP contribution in [0.3, 0.4) is 0 Å². The zero-order valence-corrected chi connectivity index (χ0v) is 12.1. The molecule has 1 aromatic carbocycles. The van der Waals surface area contributed by atoms with Gasteiger partial charge in [0.25, 0.3) is 11.7 Å². The molecular weight excluding hydrogens is 306 g/mol. The van der Waals surface area contributed by atoms with Crippen LogP contribution in [0.1, 0.15) is 15.9 Å². The van der Waals surface area contributed by atoms with Crippen molar-refractivity contribution in [3.8, 4) is 0 Å². The van der Waals surface area contributed by atoms with Crippen LogP contribution in [0.4, 0.5) is 5.69 Å². The summed E-state index contributed by atoms with van der Waals surface area (Å²) < 4.78 is 22.7. The molecule has 2 aromatic rings. The number of sulfonamides is 1. The third-order valence-corrected chi connectivity index (χ3v) is 4.27. The summed E-state index contributed by atoms with van der Waals surface area (Å²) in [5.74, 6) is -1.44. The van der Waals surface area contributed by atoms with E-state index in [4.69, 9.17) is 5.14 Å². The van der Waals surface area contributed by atoms with Crippen molar-refractivity contribution in [2.75, 3.05) is 4.90 Å². The number of carbonyl (C=O) groups excluding carboxylic acids is 2. The molecule has 112 valence electrons. The van der Waals surface area contributed by atoms with E-state index in [-0.39, 0.29) is 17.0 Å². The van der Waals surface area contributed by atoms with Gasteiger partial charge >= 0.3 is 0 Å². The smallest absolute Gasteiger partial charge is 0.299 e. The zero-order valence-electron chi connectivity index (χ0n) is 11.3. The average molecular weight is 317 g/mol. The van der Waals surface area contributed by atoms with E-state index in [1.807, 2.05) is 0 Å². The summed E-state index contributed by atoms with van der Waals surface area (Å²) in [6.45, 7) is 0.203. The van der Waals surface area contributed by atoms with Crippen molar-refractivity contribution < 1.29 is 18.0 Å². The number of nitrogens with zero attached hydrogens (tertiary/aromatic N) is 2. The van der Waals surface area contributed by atoms with Gasteiger partial charge in [-0.2, -0.15) is 0 Å². The van der Waals surface area contributed by atoms with Gasteiger partial charge in [-0.1, -0.05) is 0 Å². The molecular formula is C14H11N3O4S. The summed E-state index contributed by atoms with van der Waals surface area (Å²) in [5.41, 5.74) is 1.23. The Morgan fingerprint density at radius 2 is 1.77 bits per heavy atom. The molecule has 8 heteroatoms. The summed E-state index contributed by atoms with van der Waals surface area (Å²) in [6, 6.07) is 7.29. The van der Waals surface area contributed by atoms with Crippen LogP contribution in [0.25, 0.3) is 0 Å². The Bertz CT molecular complexity index is 878. The van der Waals surface area contributed by atoms with Crippen LogP contribution in [0.5, 0.6) is 0 Å². The van der Waals surface area contributed by atoms with Crippen LogP contribution in [0, 0.1) is 0 Å². The molecule has 0 saturated carbocycles.